The minimum atomic E-state index is -1.49. The average Bonchev–Trinajstić information content (AvgIpc) is 2.45. The molecule has 11 nitrogen and oxygen atoms in total. The summed E-state index contributed by atoms with van der Waals surface area (Å²) in [5.41, 5.74) is -1.94. The van der Waals surface area contributed by atoms with Gasteiger partial charge in [-0.25, -0.2) is 14.4 Å². The number of aliphatic hydroxyl groups excluding tert-OH is 1. The first-order valence-electron chi connectivity index (χ1n) is 8.70. The Morgan fingerprint density at radius 3 is 1.75 bits per heavy atom. The van der Waals surface area contributed by atoms with Crippen LogP contribution in [0.4, 0.5) is 9.59 Å². The molecule has 11 heteroatoms. The maximum Gasteiger partial charge on any atom is 0.420 e. The van der Waals surface area contributed by atoms with Crippen LogP contribution in [0.2, 0.25) is 0 Å². The van der Waals surface area contributed by atoms with Crippen molar-refractivity contribution in [1.82, 2.24) is 4.90 Å². The van der Waals surface area contributed by atoms with Crippen LogP contribution in [-0.4, -0.2) is 70.1 Å². The first kappa shape index (κ1) is 25.6. The quantitative estimate of drug-likeness (QED) is 0.291. The predicted octanol–water partition coefficient (Wildman–Crippen LogP) is 2.12. The van der Waals surface area contributed by atoms with E-state index in [2.05, 4.69) is 4.74 Å². The van der Waals surface area contributed by atoms with Crippen LogP contribution in [0.3, 0.4) is 0 Å². The van der Waals surface area contributed by atoms with Crippen molar-refractivity contribution >= 4 is 18.2 Å². The zero-order valence-corrected chi connectivity index (χ0v) is 17.4. The van der Waals surface area contributed by atoms with Gasteiger partial charge >= 0.3 is 18.2 Å². The normalized spacial score (nSPS) is 13.9. The van der Waals surface area contributed by atoms with Crippen LogP contribution in [0.5, 0.6) is 0 Å². The van der Waals surface area contributed by atoms with Gasteiger partial charge < -0.3 is 19.3 Å². The minimum absolute atomic E-state index is 0.233. The Balaban J connectivity index is 5.74. The number of carbonyl (C=O) groups excluding carboxylic acids is 3. The highest BCUT2D eigenvalue weighted by atomic mass is 16.6. The second-order valence-corrected chi connectivity index (χ2v) is 8.12. The van der Waals surface area contributed by atoms with Crippen molar-refractivity contribution in [2.24, 2.45) is 0 Å². The summed E-state index contributed by atoms with van der Waals surface area (Å²) in [6, 6.07) is -1.49. The van der Waals surface area contributed by atoms with E-state index >= 15 is 0 Å². The number of aliphatic hydroxyl groups is 1. The topological polar surface area (TPSA) is 146 Å². The molecular weight excluding hydrogens is 376 g/mol. The molecule has 0 aliphatic rings. The van der Waals surface area contributed by atoms with E-state index in [0.29, 0.717) is 4.90 Å². The largest absolute Gasteiger partial charge is 0.467 e. The molecule has 0 aromatic heterocycles. The molecule has 1 N–H and O–H groups in total. The molecular formula is C17H30N2O9. The number of esters is 1. The van der Waals surface area contributed by atoms with Crippen LogP contribution < -0.4 is 0 Å². The third-order valence-electron chi connectivity index (χ3n) is 3.10. The van der Waals surface area contributed by atoms with E-state index in [9.17, 15) is 29.6 Å². The lowest BCUT2D eigenvalue weighted by Gasteiger charge is -2.32. The van der Waals surface area contributed by atoms with E-state index in [-0.39, 0.29) is 12.8 Å². The molecule has 0 spiro atoms. The maximum atomic E-state index is 12.6. The fourth-order valence-electron chi connectivity index (χ4n) is 2.05. The number of carbonyl (C=O) groups is 3. The van der Waals surface area contributed by atoms with Gasteiger partial charge in [0.1, 0.15) is 23.3 Å². The van der Waals surface area contributed by atoms with E-state index in [4.69, 9.17) is 9.47 Å². The van der Waals surface area contributed by atoms with Crippen molar-refractivity contribution in [3.8, 4) is 0 Å². The van der Waals surface area contributed by atoms with Gasteiger partial charge in [0.15, 0.2) is 0 Å². The molecule has 0 bridgehead atoms. The predicted molar refractivity (Wildman–Crippen MR) is 97.2 cm³/mol. The number of hydrogen-bond donors (Lipinski definition) is 1. The number of ether oxygens (including phenoxy) is 3. The third-order valence-corrected chi connectivity index (χ3v) is 3.10. The van der Waals surface area contributed by atoms with Gasteiger partial charge in [-0.1, -0.05) is 0 Å². The van der Waals surface area contributed by atoms with Crippen molar-refractivity contribution in [1.29, 1.82) is 0 Å². The van der Waals surface area contributed by atoms with Gasteiger partial charge in [0.25, 0.3) is 0 Å². The van der Waals surface area contributed by atoms with Crippen molar-refractivity contribution in [2.45, 2.75) is 77.7 Å². The summed E-state index contributed by atoms with van der Waals surface area (Å²) in [7, 11) is 1.06. The van der Waals surface area contributed by atoms with Crippen LogP contribution in [0, 0.1) is 10.1 Å². The summed E-state index contributed by atoms with van der Waals surface area (Å²) >= 11 is 0. The highest BCUT2D eigenvalue weighted by Crippen LogP contribution is 2.20. The van der Waals surface area contributed by atoms with Crippen molar-refractivity contribution in [3.63, 3.8) is 0 Å². The number of amides is 2. The van der Waals surface area contributed by atoms with E-state index in [1.165, 1.54) is 0 Å². The Kier molecular flexibility index (Phi) is 9.32. The van der Waals surface area contributed by atoms with Crippen molar-refractivity contribution in [3.05, 3.63) is 10.1 Å². The Morgan fingerprint density at radius 1 is 1.00 bits per heavy atom. The lowest BCUT2D eigenvalue weighted by atomic mass is 10.1. The molecule has 0 fully saturated rings. The first-order valence-corrected chi connectivity index (χ1v) is 8.70. The summed E-state index contributed by atoms with van der Waals surface area (Å²) in [6.45, 7) is 8.71. The number of nitrogens with zero attached hydrogens (tertiary/aromatic N) is 2. The van der Waals surface area contributed by atoms with Crippen molar-refractivity contribution < 1.29 is 38.6 Å². The fourth-order valence-corrected chi connectivity index (χ4v) is 2.05. The smallest absolute Gasteiger partial charge is 0.420 e. The average molecular weight is 406 g/mol. The number of methoxy groups -OCH3 is 1. The minimum Gasteiger partial charge on any atom is -0.467 e. The van der Waals surface area contributed by atoms with Crippen LogP contribution >= 0.6 is 0 Å². The van der Waals surface area contributed by atoms with Crippen LogP contribution in [0.25, 0.3) is 0 Å². The second kappa shape index (κ2) is 10.2. The molecule has 0 saturated heterocycles. The van der Waals surface area contributed by atoms with Gasteiger partial charge in [0.2, 0.25) is 6.54 Å². The van der Waals surface area contributed by atoms with E-state index in [1.54, 1.807) is 41.5 Å². The molecule has 0 radical (unpaired) electrons. The molecule has 0 aromatic carbocycles. The van der Waals surface area contributed by atoms with Crippen LogP contribution in [0.15, 0.2) is 0 Å². The zero-order chi connectivity index (χ0) is 22.3. The lowest BCUT2D eigenvalue weighted by molar-refractivity contribution is -0.490. The summed E-state index contributed by atoms with van der Waals surface area (Å²) in [5.74, 6) is -0.954. The number of rotatable bonds is 7. The molecule has 0 unspecified atom stereocenters. The van der Waals surface area contributed by atoms with Gasteiger partial charge in [-0.05, 0) is 54.4 Å². The molecule has 0 rings (SSSR count). The van der Waals surface area contributed by atoms with E-state index in [1.807, 2.05) is 0 Å². The SMILES string of the molecule is COC(=O)[C@H](CC[C@H](O)C[N+](=O)[O-])N(C(=O)OC(C)(C)C)C(=O)OC(C)(C)C. The summed E-state index contributed by atoms with van der Waals surface area (Å²) in [5, 5.41) is 20.2. The summed E-state index contributed by atoms with van der Waals surface area (Å²) in [6.07, 6.45) is -4.16. The molecule has 0 aliphatic heterocycles. The second-order valence-electron chi connectivity index (χ2n) is 8.12. The first-order chi connectivity index (χ1) is 12.6. The Labute approximate surface area is 164 Å². The third kappa shape index (κ3) is 10.0. The lowest BCUT2D eigenvalue weighted by Crippen LogP contribution is -2.52. The standard InChI is InChI=1S/C17H30N2O9/c1-16(2,3)27-14(22)19(15(23)28-17(4,5)6)12(13(21)26-7)9-8-11(20)10-18(24)25/h11-12,20H,8-10H2,1-7H3/t11-,12-/m0/s1. The highest BCUT2D eigenvalue weighted by Gasteiger charge is 2.41. The van der Waals surface area contributed by atoms with Gasteiger partial charge in [0, 0.05) is 4.92 Å². The Bertz CT molecular complexity index is 550. The van der Waals surface area contributed by atoms with Gasteiger partial charge in [-0.3, -0.25) is 10.1 Å². The van der Waals surface area contributed by atoms with Crippen molar-refractivity contribution in [2.75, 3.05) is 13.7 Å². The van der Waals surface area contributed by atoms with E-state index < -0.39 is 53.0 Å². The number of hydrogen-bond acceptors (Lipinski definition) is 9. The Morgan fingerprint density at radius 2 is 1.43 bits per heavy atom. The fraction of sp³-hybridized carbons (Fsp3) is 0.824. The molecule has 28 heavy (non-hydrogen) atoms. The van der Waals surface area contributed by atoms with Gasteiger partial charge in [-0.15, -0.1) is 0 Å². The molecule has 0 heterocycles. The molecule has 162 valence electrons. The molecule has 0 aromatic rings. The Hall–Kier alpha value is -2.43. The summed E-state index contributed by atoms with van der Waals surface area (Å²) < 4.78 is 15.0. The van der Waals surface area contributed by atoms with Gasteiger partial charge in [0.05, 0.1) is 7.11 Å². The molecule has 2 atom stereocenters. The summed E-state index contributed by atoms with van der Waals surface area (Å²) in [4.78, 5) is 47.7. The molecule has 0 aliphatic carbocycles. The van der Waals surface area contributed by atoms with Crippen LogP contribution in [-0.2, 0) is 19.0 Å². The number of nitro groups is 1. The zero-order valence-electron chi connectivity index (χ0n) is 17.4. The van der Waals surface area contributed by atoms with Gasteiger partial charge in [-0.2, -0.15) is 4.90 Å². The van der Waals surface area contributed by atoms with E-state index in [0.717, 1.165) is 7.11 Å². The number of imide groups is 1. The highest BCUT2D eigenvalue weighted by molar-refractivity contribution is 5.94. The monoisotopic (exact) mass is 406 g/mol. The maximum absolute atomic E-state index is 12.6. The molecule has 2 amide bonds. The molecule has 0 saturated carbocycles. The van der Waals surface area contributed by atoms with Crippen LogP contribution in [0.1, 0.15) is 54.4 Å².